The Balaban J connectivity index is 2.09. The van der Waals surface area contributed by atoms with E-state index in [1.165, 1.54) is 0 Å². The van der Waals surface area contributed by atoms with Gasteiger partial charge < -0.3 is 9.47 Å². The predicted molar refractivity (Wildman–Crippen MR) is 101 cm³/mol. The van der Waals surface area contributed by atoms with Gasteiger partial charge in [0.1, 0.15) is 5.60 Å². The number of carbonyl (C=O) groups is 2. The fourth-order valence-electron chi connectivity index (χ4n) is 3.69. The highest BCUT2D eigenvalue weighted by Crippen LogP contribution is 2.48. The molecule has 2 aliphatic rings. The second kappa shape index (κ2) is 8.01. The molecule has 3 rings (SSSR count). The van der Waals surface area contributed by atoms with Crippen LogP contribution in [-0.4, -0.2) is 24.1 Å². The van der Waals surface area contributed by atoms with Crippen LogP contribution in [0.15, 0.2) is 23.8 Å². The summed E-state index contributed by atoms with van der Waals surface area (Å²) in [4.78, 5) is 25.7. The van der Waals surface area contributed by atoms with E-state index < -0.39 is 17.5 Å². The van der Waals surface area contributed by atoms with E-state index in [4.69, 9.17) is 32.7 Å². The zero-order valence-corrected chi connectivity index (χ0v) is 16.3. The Morgan fingerprint density at radius 3 is 2.62 bits per heavy atom. The van der Waals surface area contributed by atoms with E-state index in [2.05, 4.69) is 0 Å². The standard InChI is InChI=1S/C20H22Cl2O4/c1-2-3-11-25-19(24)17-16(14-8-7-13(21)12-15(14)22)18(23)26-20(17)9-5-4-6-10-20/h7-8,12H,2-6,9-11H2,1H3. The van der Waals surface area contributed by atoms with Crippen LogP contribution in [0.5, 0.6) is 0 Å². The molecule has 26 heavy (non-hydrogen) atoms. The first kappa shape index (κ1) is 19.2. The van der Waals surface area contributed by atoms with Crippen LogP contribution in [-0.2, 0) is 19.1 Å². The molecule has 1 aliphatic heterocycles. The Hall–Kier alpha value is -1.52. The highest BCUT2D eigenvalue weighted by atomic mass is 35.5. The predicted octanol–water partition coefficient (Wildman–Crippen LogP) is 5.35. The molecule has 0 amide bonds. The molecular formula is C20H22Cl2O4. The Morgan fingerprint density at radius 1 is 1.23 bits per heavy atom. The fourth-order valence-corrected chi connectivity index (χ4v) is 4.19. The monoisotopic (exact) mass is 396 g/mol. The number of hydrogen-bond acceptors (Lipinski definition) is 4. The van der Waals surface area contributed by atoms with Crippen LogP contribution in [0.25, 0.3) is 5.57 Å². The number of carbonyl (C=O) groups excluding carboxylic acids is 2. The Kier molecular flexibility index (Phi) is 5.93. The molecule has 1 heterocycles. The van der Waals surface area contributed by atoms with Gasteiger partial charge in [-0.3, -0.25) is 0 Å². The maximum atomic E-state index is 12.9. The van der Waals surface area contributed by atoms with Crippen molar-refractivity contribution in [2.45, 2.75) is 57.5 Å². The molecule has 6 heteroatoms. The molecule has 0 N–H and O–H groups in total. The van der Waals surface area contributed by atoms with Crippen LogP contribution in [0.2, 0.25) is 10.0 Å². The van der Waals surface area contributed by atoms with E-state index in [0.717, 1.165) is 32.1 Å². The van der Waals surface area contributed by atoms with Crippen LogP contribution in [0, 0.1) is 0 Å². The van der Waals surface area contributed by atoms with Gasteiger partial charge in [0.05, 0.1) is 22.8 Å². The lowest BCUT2D eigenvalue weighted by atomic mass is 9.78. The second-order valence-electron chi connectivity index (χ2n) is 6.81. The van der Waals surface area contributed by atoms with Gasteiger partial charge in [-0.1, -0.05) is 49.0 Å². The van der Waals surface area contributed by atoms with Gasteiger partial charge in [-0.2, -0.15) is 0 Å². The van der Waals surface area contributed by atoms with E-state index in [-0.39, 0.29) is 5.57 Å². The van der Waals surface area contributed by atoms with E-state index in [1.807, 2.05) is 6.92 Å². The van der Waals surface area contributed by atoms with Crippen molar-refractivity contribution >= 4 is 40.7 Å². The van der Waals surface area contributed by atoms with Gasteiger partial charge in [-0.15, -0.1) is 0 Å². The summed E-state index contributed by atoms with van der Waals surface area (Å²) in [6.07, 6.45) is 5.83. The molecule has 0 atom stereocenters. The summed E-state index contributed by atoms with van der Waals surface area (Å²) in [5.41, 5.74) is 0.111. The molecule has 0 aromatic heterocycles. The number of halogens is 2. The zero-order valence-electron chi connectivity index (χ0n) is 14.8. The molecular weight excluding hydrogens is 375 g/mol. The third kappa shape index (κ3) is 3.63. The van der Waals surface area contributed by atoms with Crippen molar-refractivity contribution in [1.82, 2.24) is 0 Å². The van der Waals surface area contributed by atoms with E-state index in [1.54, 1.807) is 18.2 Å². The van der Waals surface area contributed by atoms with Crippen LogP contribution in [0.4, 0.5) is 0 Å². The van der Waals surface area contributed by atoms with Crippen molar-refractivity contribution in [1.29, 1.82) is 0 Å². The van der Waals surface area contributed by atoms with Gasteiger partial charge in [0.15, 0.2) is 0 Å². The molecule has 1 aliphatic carbocycles. The van der Waals surface area contributed by atoms with Gasteiger partial charge in [0.2, 0.25) is 0 Å². The van der Waals surface area contributed by atoms with Crippen molar-refractivity contribution < 1.29 is 19.1 Å². The first-order chi connectivity index (χ1) is 12.5. The lowest BCUT2D eigenvalue weighted by molar-refractivity contribution is -0.151. The molecule has 140 valence electrons. The highest BCUT2D eigenvalue weighted by molar-refractivity contribution is 6.38. The summed E-state index contributed by atoms with van der Waals surface area (Å²) < 4.78 is 11.2. The summed E-state index contributed by atoms with van der Waals surface area (Å²) in [5.74, 6) is -0.995. The minimum atomic E-state index is -0.892. The molecule has 0 saturated heterocycles. The summed E-state index contributed by atoms with van der Waals surface area (Å²) in [7, 11) is 0. The molecule has 0 unspecified atom stereocenters. The number of hydrogen-bond donors (Lipinski definition) is 0. The molecule has 0 radical (unpaired) electrons. The second-order valence-corrected chi connectivity index (χ2v) is 7.65. The Bertz CT molecular complexity index is 748. The molecule has 1 aromatic rings. The minimum absolute atomic E-state index is 0.218. The quantitative estimate of drug-likeness (QED) is 0.497. The van der Waals surface area contributed by atoms with E-state index in [9.17, 15) is 9.59 Å². The fraction of sp³-hybridized carbons (Fsp3) is 0.500. The Morgan fingerprint density at radius 2 is 1.96 bits per heavy atom. The number of benzene rings is 1. The highest BCUT2D eigenvalue weighted by Gasteiger charge is 2.52. The van der Waals surface area contributed by atoms with Crippen LogP contribution < -0.4 is 0 Å². The smallest absolute Gasteiger partial charge is 0.340 e. The van der Waals surface area contributed by atoms with Gasteiger partial charge in [0, 0.05) is 10.6 Å². The number of rotatable bonds is 5. The summed E-state index contributed by atoms with van der Waals surface area (Å²) >= 11 is 12.3. The Labute approximate surface area is 163 Å². The maximum absolute atomic E-state index is 12.9. The molecule has 1 saturated carbocycles. The van der Waals surface area contributed by atoms with E-state index in [0.29, 0.717) is 40.6 Å². The number of esters is 2. The van der Waals surface area contributed by atoms with Crippen LogP contribution >= 0.6 is 23.2 Å². The van der Waals surface area contributed by atoms with Crippen LogP contribution in [0.1, 0.15) is 57.4 Å². The lowest BCUT2D eigenvalue weighted by Gasteiger charge is -2.33. The third-order valence-corrected chi connectivity index (χ3v) is 5.54. The molecule has 4 nitrogen and oxygen atoms in total. The zero-order chi connectivity index (χ0) is 18.7. The summed E-state index contributed by atoms with van der Waals surface area (Å²) in [6, 6.07) is 4.86. The van der Waals surface area contributed by atoms with Gasteiger partial charge >= 0.3 is 11.9 Å². The normalized spacial score (nSPS) is 19.0. The van der Waals surface area contributed by atoms with Crippen molar-refractivity contribution in [2.24, 2.45) is 0 Å². The average Bonchev–Trinajstić information content (AvgIpc) is 2.87. The SMILES string of the molecule is CCCCOC(=O)C1=C(c2ccc(Cl)cc2Cl)C(=O)OC12CCCCC2. The molecule has 0 bridgehead atoms. The first-order valence-corrected chi connectivity index (χ1v) is 9.85. The van der Waals surface area contributed by atoms with Crippen LogP contribution in [0.3, 0.4) is 0 Å². The van der Waals surface area contributed by atoms with Gasteiger partial charge in [0.25, 0.3) is 0 Å². The van der Waals surface area contributed by atoms with Crippen molar-refractivity contribution in [2.75, 3.05) is 6.61 Å². The third-order valence-electron chi connectivity index (χ3n) is 4.99. The van der Waals surface area contributed by atoms with Gasteiger partial charge in [-0.05, 0) is 44.2 Å². The lowest BCUT2D eigenvalue weighted by Crippen LogP contribution is -2.38. The summed E-state index contributed by atoms with van der Waals surface area (Å²) in [6.45, 7) is 2.35. The summed E-state index contributed by atoms with van der Waals surface area (Å²) in [5, 5.41) is 0.779. The molecule has 1 aromatic carbocycles. The van der Waals surface area contributed by atoms with Gasteiger partial charge in [-0.25, -0.2) is 9.59 Å². The number of unbranched alkanes of at least 4 members (excludes halogenated alkanes) is 1. The average molecular weight is 397 g/mol. The van der Waals surface area contributed by atoms with Crippen molar-refractivity contribution in [3.63, 3.8) is 0 Å². The molecule has 1 spiro atoms. The minimum Gasteiger partial charge on any atom is -0.462 e. The van der Waals surface area contributed by atoms with Crippen molar-refractivity contribution in [3.8, 4) is 0 Å². The maximum Gasteiger partial charge on any atom is 0.340 e. The topological polar surface area (TPSA) is 52.6 Å². The number of ether oxygens (including phenoxy) is 2. The van der Waals surface area contributed by atoms with E-state index >= 15 is 0 Å². The van der Waals surface area contributed by atoms with Crippen molar-refractivity contribution in [3.05, 3.63) is 39.4 Å². The first-order valence-electron chi connectivity index (χ1n) is 9.09. The largest absolute Gasteiger partial charge is 0.462 e. The molecule has 1 fully saturated rings.